The lowest BCUT2D eigenvalue weighted by Gasteiger charge is -2.03. The molecule has 1 heterocycles. The molecule has 0 atom stereocenters. The Morgan fingerprint density at radius 2 is 2.21 bits per heavy atom. The molecule has 0 fully saturated rings. The molecular formula is C11H10FNO. The lowest BCUT2D eigenvalue weighted by atomic mass is 10.2. The Morgan fingerprint density at radius 1 is 1.36 bits per heavy atom. The van der Waals surface area contributed by atoms with Gasteiger partial charge in [-0.3, -0.25) is 4.98 Å². The van der Waals surface area contributed by atoms with Gasteiger partial charge in [-0.2, -0.15) is 0 Å². The third-order valence-electron chi connectivity index (χ3n) is 1.93. The minimum atomic E-state index is -0.328. The summed E-state index contributed by atoms with van der Waals surface area (Å²) < 4.78 is 18.2. The van der Waals surface area contributed by atoms with Gasteiger partial charge in [0.2, 0.25) is 0 Å². The van der Waals surface area contributed by atoms with Gasteiger partial charge in [0.05, 0.1) is 18.3 Å². The number of hydrogen-bond acceptors (Lipinski definition) is 2. The molecule has 0 saturated heterocycles. The van der Waals surface area contributed by atoms with Crippen LogP contribution >= 0.6 is 0 Å². The Bertz CT molecular complexity index is 456. The van der Waals surface area contributed by atoms with E-state index in [0.29, 0.717) is 6.61 Å². The van der Waals surface area contributed by atoms with E-state index in [-0.39, 0.29) is 5.82 Å². The molecule has 0 spiro atoms. The van der Waals surface area contributed by atoms with Crippen LogP contribution in [0.15, 0.2) is 30.5 Å². The van der Waals surface area contributed by atoms with E-state index in [1.54, 1.807) is 6.07 Å². The Morgan fingerprint density at radius 3 is 3.00 bits per heavy atom. The van der Waals surface area contributed by atoms with Crippen LogP contribution in [0.4, 0.5) is 4.39 Å². The Labute approximate surface area is 81.3 Å². The average Bonchev–Trinajstić information content (AvgIpc) is 2.17. The SMILES string of the molecule is CCOc1ccc2ncc(F)cc2c1. The molecule has 2 aromatic rings. The summed E-state index contributed by atoms with van der Waals surface area (Å²) in [5, 5.41) is 0.760. The van der Waals surface area contributed by atoms with E-state index in [2.05, 4.69) is 4.98 Å². The first-order chi connectivity index (χ1) is 6.79. The predicted molar refractivity (Wildman–Crippen MR) is 52.9 cm³/mol. The smallest absolute Gasteiger partial charge is 0.142 e. The Hall–Kier alpha value is -1.64. The normalized spacial score (nSPS) is 10.4. The van der Waals surface area contributed by atoms with Crippen LogP contribution in [0, 0.1) is 5.82 Å². The van der Waals surface area contributed by atoms with Gasteiger partial charge in [0.1, 0.15) is 11.6 Å². The third-order valence-corrected chi connectivity index (χ3v) is 1.93. The van der Waals surface area contributed by atoms with Gasteiger partial charge in [0.25, 0.3) is 0 Å². The topological polar surface area (TPSA) is 22.1 Å². The third kappa shape index (κ3) is 1.66. The molecular weight excluding hydrogens is 181 g/mol. The lowest BCUT2D eigenvalue weighted by Crippen LogP contribution is -1.91. The van der Waals surface area contributed by atoms with Crippen molar-refractivity contribution < 1.29 is 9.13 Å². The summed E-state index contributed by atoms with van der Waals surface area (Å²) in [6, 6.07) is 6.89. The van der Waals surface area contributed by atoms with Crippen molar-refractivity contribution >= 4 is 10.9 Å². The van der Waals surface area contributed by atoms with Crippen LogP contribution in [0.3, 0.4) is 0 Å². The van der Waals surface area contributed by atoms with E-state index in [9.17, 15) is 4.39 Å². The number of fused-ring (bicyclic) bond motifs is 1. The zero-order valence-electron chi connectivity index (χ0n) is 7.83. The molecule has 0 unspecified atom stereocenters. The van der Waals surface area contributed by atoms with Gasteiger partial charge in [-0.05, 0) is 31.2 Å². The summed E-state index contributed by atoms with van der Waals surface area (Å²) in [6.45, 7) is 2.52. The summed E-state index contributed by atoms with van der Waals surface area (Å²) in [5.41, 5.74) is 0.773. The largest absolute Gasteiger partial charge is 0.494 e. The van der Waals surface area contributed by atoms with Crippen LogP contribution in [0.25, 0.3) is 10.9 Å². The Balaban J connectivity index is 2.52. The highest BCUT2D eigenvalue weighted by molar-refractivity contribution is 5.79. The first kappa shape index (κ1) is 8.94. The van der Waals surface area contributed by atoms with E-state index in [0.717, 1.165) is 16.7 Å². The molecule has 0 saturated carbocycles. The number of ether oxygens (including phenoxy) is 1. The molecule has 1 aromatic heterocycles. The zero-order valence-corrected chi connectivity index (χ0v) is 7.83. The van der Waals surface area contributed by atoms with Gasteiger partial charge in [-0.25, -0.2) is 4.39 Å². The van der Waals surface area contributed by atoms with Gasteiger partial charge in [0, 0.05) is 5.39 Å². The van der Waals surface area contributed by atoms with Gasteiger partial charge in [-0.15, -0.1) is 0 Å². The van der Waals surface area contributed by atoms with E-state index >= 15 is 0 Å². The zero-order chi connectivity index (χ0) is 9.97. The number of halogens is 1. The van der Waals surface area contributed by atoms with Crippen LogP contribution < -0.4 is 4.74 Å². The van der Waals surface area contributed by atoms with Gasteiger partial charge >= 0.3 is 0 Å². The van der Waals surface area contributed by atoms with Crippen LogP contribution in [0.1, 0.15) is 6.92 Å². The first-order valence-corrected chi connectivity index (χ1v) is 4.47. The van der Waals surface area contributed by atoms with Crippen molar-refractivity contribution in [2.24, 2.45) is 0 Å². The van der Waals surface area contributed by atoms with Crippen LogP contribution in [-0.4, -0.2) is 11.6 Å². The summed E-state index contributed by atoms with van der Waals surface area (Å²) in [5.74, 6) is 0.415. The van der Waals surface area contributed by atoms with Gasteiger partial charge in [0.15, 0.2) is 0 Å². The van der Waals surface area contributed by atoms with Crippen molar-refractivity contribution in [2.75, 3.05) is 6.61 Å². The number of hydrogen-bond donors (Lipinski definition) is 0. The molecule has 2 nitrogen and oxygen atoms in total. The van der Waals surface area contributed by atoms with Crippen LogP contribution in [0.5, 0.6) is 5.75 Å². The summed E-state index contributed by atoms with van der Waals surface area (Å²) in [6.07, 6.45) is 1.21. The van der Waals surface area contributed by atoms with Crippen molar-refractivity contribution in [3.05, 3.63) is 36.3 Å². The van der Waals surface area contributed by atoms with Crippen molar-refractivity contribution in [3.8, 4) is 5.75 Å². The van der Waals surface area contributed by atoms with Crippen molar-refractivity contribution in [1.29, 1.82) is 0 Å². The monoisotopic (exact) mass is 191 g/mol. The quantitative estimate of drug-likeness (QED) is 0.728. The minimum absolute atomic E-state index is 0.328. The average molecular weight is 191 g/mol. The molecule has 2 rings (SSSR count). The van der Waals surface area contributed by atoms with Gasteiger partial charge < -0.3 is 4.74 Å². The van der Waals surface area contributed by atoms with Crippen molar-refractivity contribution in [1.82, 2.24) is 4.98 Å². The fourth-order valence-electron chi connectivity index (χ4n) is 1.34. The Kier molecular flexibility index (Phi) is 2.31. The molecule has 0 aliphatic rings. The maximum Gasteiger partial charge on any atom is 0.142 e. The molecule has 3 heteroatoms. The highest BCUT2D eigenvalue weighted by Crippen LogP contribution is 2.19. The maximum atomic E-state index is 12.9. The fourth-order valence-corrected chi connectivity index (χ4v) is 1.34. The number of aromatic nitrogens is 1. The molecule has 0 amide bonds. The molecule has 0 bridgehead atoms. The number of nitrogens with zero attached hydrogens (tertiary/aromatic N) is 1. The van der Waals surface area contributed by atoms with E-state index in [4.69, 9.17) is 4.74 Å². The van der Waals surface area contributed by atoms with E-state index in [1.807, 2.05) is 19.1 Å². The fraction of sp³-hybridized carbons (Fsp3) is 0.182. The second kappa shape index (κ2) is 3.62. The second-order valence-corrected chi connectivity index (χ2v) is 2.94. The number of rotatable bonds is 2. The maximum absolute atomic E-state index is 12.9. The highest BCUT2D eigenvalue weighted by Gasteiger charge is 1.99. The molecule has 0 aliphatic carbocycles. The number of pyridine rings is 1. The molecule has 0 aliphatic heterocycles. The summed E-state index contributed by atoms with van der Waals surface area (Å²) in [4.78, 5) is 3.95. The van der Waals surface area contributed by atoms with Crippen LogP contribution in [0.2, 0.25) is 0 Å². The summed E-state index contributed by atoms with van der Waals surface area (Å²) in [7, 11) is 0. The van der Waals surface area contributed by atoms with Crippen molar-refractivity contribution in [2.45, 2.75) is 6.92 Å². The van der Waals surface area contributed by atoms with Crippen LogP contribution in [-0.2, 0) is 0 Å². The molecule has 0 radical (unpaired) electrons. The van der Waals surface area contributed by atoms with Crippen molar-refractivity contribution in [3.63, 3.8) is 0 Å². The molecule has 14 heavy (non-hydrogen) atoms. The lowest BCUT2D eigenvalue weighted by molar-refractivity contribution is 0.340. The van der Waals surface area contributed by atoms with E-state index < -0.39 is 0 Å². The molecule has 72 valence electrons. The first-order valence-electron chi connectivity index (χ1n) is 4.47. The van der Waals surface area contributed by atoms with E-state index in [1.165, 1.54) is 12.3 Å². The predicted octanol–water partition coefficient (Wildman–Crippen LogP) is 2.77. The summed E-state index contributed by atoms with van der Waals surface area (Å²) >= 11 is 0. The molecule has 1 aromatic carbocycles. The van der Waals surface area contributed by atoms with Gasteiger partial charge in [-0.1, -0.05) is 0 Å². The standard InChI is InChI=1S/C11H10FNO/c1-2-14-10-3-4-11-8(6-10)5-9(12)7-13-11/h3-7H,2H2,1H3. The number of benzene rings is 1. The highest BCUT2D eigenvalue weighted by atomic mass is 19.1. The molecule has 0 N–H and O–H groups in total. The minimum Gasteiger partial charge on any atom is -0.494 e. The second-order valence-electron chi connectivity index (χ2n) is 2.94.